The number of ether oxygens (including phenoxy) is 2. The number of nitrogens with zero attached hydrogens (tertiary/aromatic N) is 1. The van der Waals surface area contributed by atoms with Gasteiger partial charge < -0.3 is 14.4 Å². The van der Waals surface area contributed by atoms with E-state index in [1.165, 1.54) is 0 Å². The molecule has 0 aliphatic rings. The maximum Gasteiger partial charge on any atom is 0.260 e. The van der Waals surface area contributed by atoms with Crippen LogP contribution in [-0.2, 0) is 9.53 Å². The summed E-state index contributed by atoms with van der Waals surface area (Å²) in [6.45, 7) is 1.70. The first kappa shape index (κ1) is 16.3. The summed E-state index contributed by atoms with van der Waals surface area (Å²) in [7, 11) is 1.72. The molecule has 0 spiro atoms. The van der Waals surface area contributed by atoms with E-state index in [-0.39, 0.29) is 12.5 Å². The van der Waals surface area contributed by atoms with Crippen molar-refractivity contribution in [2.75, 3.05) is 38.7 Å². The van der Waals surface area contributed by atoms with Gasteiger partial charge in [-0.15, -0.1) is 0 Å². The summed E-state index contributed by atoms with van der Waals surface area (Å²) in [5.41, 5.74) is 0. The van der Waals surface area contributed by atoms with Gasteiger partial charge in [0.25, 0.3) is 5.91 Å². The van der Waals surface area contributed by atoms with Crippen LogP contribution < -0.4 is 4.74 Å². The number of amides is 1. The van der Waals surface area contributed by atoms with E-state index in [4.69, 9.17) is 21.1 Å². The van der Waals surface area contributed by atoms with Gasteiger partial charge in [-0.1, -0.05) is 33.6 Å². The fourth-order valence-corrected chi connectivity index (χ4v) is 1.70. The molecular formula is C13H17BrClNO3. The number of likely N-dealkylation sites (N-methyl/N-ethyl adjacent to an activating group) is 1. The second-order valence-corrected chi connectivity index (χ2v) is 5.09. The zero-order valence-corrected chi connectivity index (χ0v) is 13.1. The molecule has 19 heavy (non-hydrogen) atoms. The fourth-order valence-electron chi connectivity index (χ4n) is 1.29. The minimum Gasteiger partial charge on any atom is -0.484 e. The van der Waals surface area contributed by atoms with Crippen molar-refractivity contribution in [3.8, 4) is 5.75 Å². The topological polar surface area (TPSA) is 38.8 Å². The summed E-state index contributed by atoms with van der Waals surface area (Å²) in [6.07, 6.45) is 0. The Bertz CT molecular complexity index is 403. The Balaban J connectivity index is 2.26. The number of hydrogen-bond acceptors (Lipinski definition) is 3. The van der Waals surface area contributed by atoms with E-state index in [2.05, 4.69) is 15.9 Å². The molecule has 6 heteroatoms. The maximum atomic E-state index is 11.8. The van der Waals surface area contributed by atoms with Crippen LogP contribution in [0.1, 0.15) is 0 Å². The van der Waals surface area contributed by atoms with Gasteiger partial charge in [-0.2, -0.15) is 0 Å². The largest absolute Gasteiger partial charge is 0.484 e. The quantitative estimate of drug-likeness (QED) is 0.534. The summed E-state index contributed by atoms with van der Waals surface area (Å²) < 4.78 is 10.7. The maximum absolute atomic E-state index is 11.8. The van der Waals surface area contributed by atoms with Crippen LogP contribution in [0.4, 0.5) is 0 Å². The third kappa shape index (κ3) is 6.80. The van der Waals surface area contributed by atoms with Gasteiger partial charge in [0, 0.05) is 23.9 Å². The number of rotatable bonds is 8. The summed E-state index contributed by atoms with van der Waals surface area (Å²) in [5.74, 6) is 0.493. The molecule has 0 aliphatic heterocycles. The first-order valence-corrected chi connectivity index (χ1v) is 7.39. The minimum atomic E-state index is -0.0950. The molecule has 0 unspecified atom stereocenters. The van der Waals surface area contributed by atoms with Gasteiger partial charge >= 0.3 is 0 Å². The molecule has 1 amide bonds. The highest BCUT2D eigenvalue weighted by atomic mass is 79.9. The lowest BCUT2D eigenvalue weighted by Gasteiger charge is -2.17. The number of alkyl halides is 1. The van der Waals surface area contributed by atoms with Crippen molar-refractivity contribution < 1.29 is 14.3 Å². The average Bonchev–Trinajstić information content (AvgIpc) is 2.41. The first-order chi connectivity index (χ1) is 9.13. The van der Waals surface area contributed by atoms with Crippen LogP contribution in [-0.4, -0.2) is 49.6 Å². The molecule has 0 saturated heterocycles. The van der Waals surface area contributed by atoms with Crippen LogP contribution in [0.3, 0.4) is 0 Å². The monoisotopic (exact) mass is 349 g/mol. The van der Waals surface area contributed by atoms with Crippen molar-refractivity contribution in [3.05, 3.63) is 29.3 Å². The molecule has 0 atom stereocenters. The van der Waals surface area contributed by atoms with Crippen LogP contribution in [0.5, 0.6) is 5.75 Å². The number of benzene rings is 1. The molecular weight excluding hydrogens is 334 g/mol. The summed E-state index contributed by atoms with van der Waals surface area (Å²) in [5, 5.41) is 1.38. The van der Waals surface area contributed by atoms with Gasteiger partial charge in [-0.3, -0.25) is 4.79 Å². The van der Waals surface area contributed by atoms with E-state index in [1.807, 2.05) is 0 Å². The van der Waals surface area contributed by atoms with Crippen LogP contribution in [0, 0.1) is 0 Å². The van der Waals surface area contributed by atoms with Crippen LogP contribution >= 0.6 is 27.5 Å². The second kappa shape index (κ2) is 9.18. The lowest BCUT2D eigenvalue weighted by Crippen LogP contribution is -2.34. The van der Waals surface area contributed by atoms with Crippen LogP contribution in [0.25, 0.3) is 0 Å². The van der Waals surface area contributed by atoms with Crippen molar-refractivity contribution in [1.82, 2.24) is 4.90 Å². The molecule has 0 heterocycles. The number of carbonyl (C=O) groups is 1. The van der Waals surface area contributed by atoms with Crippen LogP contribution in [0.2, 0.25) is 5.02 Å². The molecule has 0 aliphatic carbocycles. The zero-order valence-electron chi connectivity index (χ0n) is 10.8. The predicted octanol–water partition coefficient (Wildman–Crippen LogP) is 2.59. The van der Waals surface area contributed by atoms with E-state index in [1.54, 1.807) is 36.2 Å². The van der Waals surface area contributed by atoms with Crippen molar-refractivity contribution in [2.24, 2.45) is 0 Å². The predicted molar refractivity (Wildman–Crippen MR) is 79.2 cm³/mol. The lowest BCUT2D eigenvalue weighted by atomic mass is 10.3. The summed E-state index contributed by atoms with van der Waals surface area (Å²) in [4.78, 5) is 13.4. The van der Waals surface area contributed by atoms with E-state index in [0.29, 0.717) is 30.5 Å². The zero-order chi connectivity index (χ0) is 14.1. The molecule has 4 nitrogen and oxygen atoms in total. The van der Waals surface area contributed by atoms with E-state index >= 15 is 0 Å². The Kier molecular flexibility index (Phi) is 7.86. The Morgan fingerprint density at radius 2 is 2.21 bits per heavy atom. The molecule has 0 bridgehead atoms. The third-order valence-corrected chi connectivity index (χ3v) is 2.94. The highest BCUT2D eigenvalue weighted by molar-refractivity contribution is 9.09. The van der Waals surface area contributed by atoms with Crippen LogP contribution in [0.15, 0.2) is 24.3 Å². The fraction of sp³-hybridized carbons (Fsp3) is 0.462. The van der Waals surface area contributed by atoms with Gasteiger partial charge in [0.05, 0.1) is 13.2 Å². The van der Waals surface area contributed by atoms with E-state index < -0.39 is 0 Å². The molecule has 0 aromatic heterocycles. The Labute approximate surface area is 126 Å². The van der Waals surface area contributed by atoms with Crippen molar-refractivity contribution in [2.45, 2.75) is 0 Å². The van der Waals surface area contributed by atoms with Gasteiger partial charge in [-0.25, -0.2) is 0 Å². The van der Waals surface area contributed by atoms with Gasteiger partial charge in [0.1, 0.15) is 5.75 Å². The summed E-state index contributed by atoms with van der Waals surface area (Å²) in [6, 6.07) is 6.97. The molecule has 0 N–H and O–H groups in total. The van der Waals surface area contributed by atoms with E-state index in [9.17, 15) is 4.79 Å². The highest BCUT2D eigenvalue weighted by Crippen LogP contribution is 2.16. The Morgan fingerprint density at radius 3 is 2.89 bits per heavy atom. The summed E-state index contributed by atoms with van der Waals surface area (Å²) >= 11 is 9.09. The highest BCUT2D eigenvalue weighted by Gasteiger charge is 2.09. The molecule has 0 fully saturated rings. The normalized spacial score (nSPS) is 10.3. The SMILES string of the molecule is CN(CCOCCBr)C(=O)COc1cccc(Cl)c1. The molecule has 1 aromatic carbocycles. The minimum absolute atomic E-state index is 0.00468. The number of halogens is 2. The number of carbonyl (C=O) groups excluding carboxylic acids is 1. The van der Waals surface area contributed by atoms with Gasteiger partial charge in [0.2, 0.25) is 0 Å². The van der Waals surface area contributed by atoms with Gasteiger partial charge in [-0.05, 0) is 18.2 Å². The standard InChI is InChI=1S/C13H17BrClNO3/c1-16(6-8-18-7-5-14)13(17)10-19-12-4-2-3-11(15)9-12/h2-4,9H,5-8,10H2,1H3. The molecule has 0 radical (unpaired) electrons. The van der Waals surface area contributed by atoms with Crippen molar-refractivity contribution >= 4 is 33.4 Å². The van der Waals surface area contributed by atoms with Crippen molar-refractivity contribution in [1.29, 1.82) is 0 Å². The first-order valence-electron chi connectivity index (χ1n) is 5.89. The Morgan fingerprint density at radius 1 is 1.42 bits per heavy atom. The smallest absolute Gasteiger partial charge is 0.260 e. The molecule has 1 rings (SSSR count). The lowest BCUT2D eigenvalue weighted by molar-refractivity contribution is -0.132. The molecule has 106 valence electrons. The third-order valence-electron chi connectivity index (χ3n) is 2.38. The Hall–Kier alpha value is -0.780. The van der Waals surface area contributed by atoms with Gasteiger partial charge in [0.15, 0.2) is 6.61 Å². The molecule has 1 aromatic rings. The number of hydrogen-bond donors (Lipinski definition) is 0. The van der Waals surface area contributed by atoms with Crippen molar-refractivity contribution in [3.63, 3.8) is 0 Å². The van der Waals surface area contributed by atoms with E-state index in [0.717, 1.165) is 5.33 Å². The molecule has 0 saturated carbocycles. The second-order valence-electron chi connectivity index (χ2n) is 3.86. The average molecular weight is 351 g/mol.